The number of hydrogen-bond donors (Lipinski definition) is 6. The number of oxime groups is 1. The smallest absolute Gasteiger partial charge is 0.352 e. The number of nitrogens with one attached hydrogen (secondary N) is 1. The van der Waals surface area contributed by atoms with Crippen LogP contribution in [0, 0.1) is 0 Å². The van der Waals surface area contributed by atoms with Crippen LogP contribution in [0.2, 0.25) is 0 Å². The number of nitrogens with two attached hydrogens (primary N) is 3. The number of carbonyl (C=O) groups excluding carboxylic acids is 2. The van der Waals surface area contributed by atoms with Gasteiger partial charge in [-0.05, 0) is 17.1 Å². The lowest BCUT2D eigenvalue weighted by Gasteiger charge is -2.49. The predicted molar refractivity (Wildman–Crippen MR) is 130 cm³/mol. The van der Waals surface area contributed by atoms with Gasteiger partial charge in [-0.1, -0.05) is 16.9 Å². The number of thiazole rings is 1. The third-order valence-electron chi connectivity index (χ3n) is 4.76. The first-order valence-electron chi connectivity index (χ1n) is 9.58. The van der Waals surface area contributed by atoms with E-state index in [0.29, 0.717) is 10.6 Å². The fourth-order valence-electron chi connectivity index (χ4n) is 3.30. The number of allylic oxidation sites excluding steroid dienone is 1. The third-order valence-corrected chi connectivity index (χ3v) is 7.46. The first-order valence-corrected chi connectivity index (χ1v) is 12.4. The van der Waals surface area contributed by atoms with Gasteiger partial charge in [-0.2, -0.15) is 4.98 Å². The molecule has 4 heterocycles. The molecule has 0 bridgehead atoms. The maximum atomic E-state index is 12.8. The lowest BCUT2D eigenvalue weighted by atomic mass is 10.0. The summed E-state index contributed by atoms with van der Waals surface area (Å²) in [5.74, 6) is -2.28. The second kappa shape index (κ2) is 9.80. The highest BCUT2D eigenvalue weighted by Gasteiger charge is 2.54. The third kappa shape index (κ3) is 4.86. The summed E-state index contributed by atoms with van der Waals surface area (Å²) in [6.45, 7) is 0. The van der Waals surface area contributed by atoms with Crippen LogP contribution in [-0.2, 0) is 14.4 Å². The number of amides is 2. The molecular weight excluding hydrogens is 518 g/mol. The van der Waals surface area contributed by atoms with Gasteiger partial charge in [0.2, 0.25) is 5.95 Å². The summed E-state index contributed by atoms with van der Waals surface area (Å²) in [6.07, 6.45) is 1.56. The quantitative estimate of drug-likeness (QED) is 0.0679. The zero-order valence-electron chi connectivity index (χ0n) is 17.5. The average Bonchev–Trinajstić information content (AvgIpc) is 3.22. The number of fused-ring (bicyclic) bond motifs is 1. The fourth-order valence-corrected chi connectivity index (χ4v) is 5.87. The van der Waals surface area contributed by atoms with Crippen molar-refractivity contribution in [2.75, 3.05) is 23.0 Å². The molecule has 1 fully saturated rings. The van der Waals surface area contributed by atoms with Crippen LogP contribution in [0.25, 0.3) is 0 Å². The number of nitrogen functional groups attached to an aromatic ring is 3. The van der Waals surface area contributed by atoms with Crippen LogP contribution in [0.3, 0.4) is 0 Å². The van der Waals surface area contributed by atoms with Gasteiger partial charge in [0.05, 0.1) is 0 Å². The van der Waals surface area contributed by atoms with Gasteiger partial charge >= 0.3 is 5.97 Å². The van der Waals surface area contributed by atoms with E-state index in [1.165, 1.54) is 23.2 Å². The second-order valence-corrected chi connectivity index (χ2v) is 9.89. The molecule has 0 saturated carbocycles. The highest BCUT2D eigenvalue weighted by Crippen LogP contribution is 2.41. The second-order valence-electron chi connectivity index (χ2n) is 6.97. The lowest BCUT2D eigenvalue weighted by molar-refractivity contribution is -0.150. The van der Waals surface area contributed by atoms with Crippen LogP contribution in [0.1, 0.15) is 5.69 Å². The van der Waals surface area contributed by atoms with Crippen molar-refractivity contribution in [2.45, 2.75) is 16.4 Å². The topological polar surface area (TPSA) is 236 Å². The van der Waals surface area contributed by atoms with Crippen LogP contribution in [0.5, 0.6) is 0 Å². The Kier molecular flexibility index (Phi) is 6.81. The molecule has 0 aliphatic carbocycles. The van der Waals surface area contributed by atoms with Gasteiger partial charge in [0, 0.05) is 17.2 Å². The fraction of sp³-hybridized carbons (Fsp3) is 0.167. The molecule has 1 saturated heterocycles. The molecule has 0 radical (unpaired) electrons. The van der Waals surface area contributed by atoms with E-state index in [-0.39, 0.29) is 34.0 Å². The highest BCUT2D eigenvalue weighted by molar-refractivity contribution is 8.02. The predicted octanol–water partition coefficient (Wildman–Crippen LogP) is -0.0974. The van der Waals surface area contributed by atoms with Crippen molar-refractivity contribution in [1.29, 1.82) is 0 Å². The maximum absolute atomic E-state index is 12.8. The number of thioether (sulfide) groups is 2. The number of β-lactam (4-membered cyclic amide) rings is 1. The summed E-state index contributed by atoms with van der Waals surface area (Å²) in [6, 6.07) is 0.501. The minimum Gasteiger partial charge on any atom is -0.477 e. The molecule has 9 N–H and O–H groups in total. The van der Waals surface area contributed by atoms with Crippen molar-refractivity contribution in [3.63, 3.8) is 0 Å². The number of nitrogens with zero attached hydrogens (tertiary/aromatic N) is 5. The summed E-state index contributed by atoms with van der Waals surface area (Å²) in [5, 5.41) is 27.5. The Balaban J connectivity index is 1.48. The molecule has 2 aromatic heterocycles. The Hall–Kier alpha value is -3.83. The van der Waals surface area contributed by atoms with E-state index in [4.69, 9.17) is 17.2 Å². The number of rotatable bonds is 7. The Morgan fingerprint density at radius 1 is 1.29 bits per heavy atom. The van der Waals surface area contributed by atoms with Crippen LogP contribution in [0.4, 0.5) is 16.9 Å². The number of carboxylic acids is 1. The molecule has 2 aliphatic rings. The Labute approximate surface area is 209 Å². The highest BCUT2D eigenvalue weighted by atomic mass is 32.2. The number of carbonyl (C=O) groups is 3. The summed E-state index contributed by atoms with van der Waals surface area (Å²) in [5.41, 5.74) is 16.6. The maximum Gasteiger partial charge on any atom is 0.352 e. The first kappa shape index (κ1) is 24.3. The van der Waals surface area contributed by atoms with Crippen molar-refractivity contribution in [3.05, 3.63) is 39.9 Å². The minimum atomic E-state index is -1.29. The lowest BCUT2D eigenvalue weighted by Crippen LogP contribution is -2.71. The summed E-state index contributed by atoms with van der Waals surface area (Å²) >= 11 is 3.47. The van der Waals surface area contributed by atoms with E-state index in [1.807, 2.05) is 0 Å². The van der Waals surface area contributed by atoms with Gasteiger partial charge in [0.25, 0.3) is 11.8 Å². The molecule has 2 aliphatic heterocycles. The molecule has 4 rings (SSSR count). The Morgan fingerprint density at radius 3 is 2.69 bits per heavy atom. The van der Waals surface area contributed by atoms with Gasteiger partial charge in [-0.3, -0.25) is 14.5 Å². The van der Waals surface area contributed by atoms with Gasteiger partial charge < -0.3 is 32.8 Å². The summed E-state index contributed by atoms with van der Waals surface area (Å²) in [4.78, 5) is 50.2. The number of anilines is 3. The van der Waals surface area contributed by atoms with E-state index in [0.717, 1.165) is 28.0 Å². The molecule has 0 aromatic carbocycles. The molecular formula is C18H17N9O5S3. The van der Waals surface area contributed by atoms with Crippen LogP contribution in [0.15, 0.2) is 44.4 Å². The zero-order chi connectivity index (χ0) is 25.3. The summed E-state index contributed by atoms with van der Waals surface area (Å²) in [7, 11) is 0. The van der Waals surface area contributed by atoms with Gasteiger partial charge in [-0.25, -0.2) is 14.8 Å². The first-order chi connectivity index (χ1) is 16.7. The van der Waals surface area contributed by atoms with Gasteiger partial charge in [0.15, 0.2) is 10.8 Å². The van der Waals surface area contributed by atoms with Crippen LogP contribution >= 0.6 is 34.9 Å². The molecule has 17 heteroatoms. The minimum absolute atomic E-state index is 0.00863. The Bertz CT molecular complexity index is 1290. The molecule has 2 aromatic rings. The molecule has 182 valence electrons. The largest absolute Gasteiger partial charge is 0.477 e. The monoisotopic (exact) mass is 535 g/mol. The van der Waals surface area contributed by atoms with Crippen molar-refractivity contribution >= 4 is 75.3 Å². The van der Waals surface area contributed by atoms with Crippen LogP contribution in [-0.4, -0.2) is 70.8 Å². The van der Waals surface area contributed by atoms with Gasteiger partial charge in [0.1, 0.15) is 33.7 Å². The average molecular weight is 536 g/mol. The van der Waals surface area contributed by atoms with E-state index < -0.39 is 34.9 Å². The van der Waals surface area contributed by atoms with E-state index in [9.17, 15) is 24.7 Å². The molecule has 14 nitrogen and oxygen atoms in total. The number of hydrogen-bond acceptors (Lipinski definition) is 14. The molecule has 2 amide bonds. The van der Waals surface area contributed by atoms with Crippen molar-refractivity contribution in [3.8, 4) is 0 Å². The van der Waals surface area contributed by atoms with E-state index in [1.54, 1.807) is 11.5 Å². The summed E-state index contributed by atoms with van der Waals surface area (Å²) < 4.78 is 0. The van der Waals surface area contributed by atoms with Crippen molar-refractivity contribution < 1.29 is 24.7 Å². The van der Waals surface area contributed by atoms with Crippen LogP contribution < -0.4 is 22.5 Å². The van der Waals surface area contributed by atoms with Crippen molar-refractivity contribution in [1.82, 2.24) is 25.2 Å². The molecule has 35 heavy (non-hydrogen) atoms. The number of carboxylic acid groups (broad SMARTS) is 1. The normalized spacial score (nSPS) is 20.1. The Morgan fingerprint density at radius 2 is 2.06 bits per heavy atom. The molecule has 2 atom stereocenters. The standard InChI is InChI=1S/C18H17N9O5S3/c19-8-3-9(24-17(20)23-8)33-2-1-6-4-34-15-11(14(29)27(15)12(6)16(30)31)25-13(28)10(26-32)7-5-35-18(21)22-7/h1-3,5,11,15,32H,4H2,(H2,21,22)(H,25,28)(H,30,31)(H4,19,20,23,24)/b2-1+,26-10?/t11-,15-/m1/s1. The molecule has 0 unspecified atom stereocenters. The SMILES string of the molecule is Nc1cc(S/C=C/C2=C(C(=O)O)N3C(=O)[C@@H](NC(=O)C(=NO)c4csc(N)n4)[C@H]3SC2)nc(N)n1. The van der Waals surface area contributed by atoms with E-state index >= 15 is 0 Å². The van der Waals surface area contributed by atoms with E-state index in [2.05, 4.69) is 25.4 Å². The van der Waals surface area contributed by atoms with Crippen molar-refractivity contribution in [2.24, 2.45) is 5.16 Å². The molecule has 0 spiro atoms. The number of aliphatic carboxylic acids is 1. The van der Waals surface area contributed by atoms with Gasteiger partial charge in [-0.15, -0.1) is 23.1 Å². The number of aromatic nitrogens is 3. The zero-order valence-corrected chi connectivity index (χ0v) is 19.9.